The highest BCUT2D eigenvalue weighted by atomic mass is 16.5. The number of unbranched alkanes of at least 4 members (excludes halogenated alkanes) is 2. The summed E-state index contributed by atoms with van der Waals surface area (Å²) in [5.41, 5.74) is 3.27. The molecule has 3 heterocycles. The van der Waals surface area contributed by atoms with Crippen LogP contribution in [0.25, 0.3) is 5.57 Å². The Kier molecular flexibility index (Phi) is 10.2. The highest BCUT2D eigenvalue weighted by Crippen LogP contribution is 2.35. The van der Waals surface area contributed by atoms with Crippen molar-refractivity contribution in [1.29, 1.82) is 0 Å². The highest BCUT2D eigenvalue weighted by Gasteiger charge is 2.47. The number of rotatable bonds is 14. The van der Waals surface area contributed by atoms with Gasteiger partial charge >= 0.3 is 0 Å². The molecule has 4 rings (SSSR count). The lowest BCUT2D eigenvalue weighted by molar-refractivity contribution is -0.132. The summed E-state index contributed by atoms with van der Waals surface area (Å²) in [5.74, 6) is 0.157. The maximum absolute atomic E-state index is 13.2. The van der Waals surface area contributed by atoms with Crippen LogP contribution in [0.15, 0.2) is 46.5 Å². The second-order valence-electron chi connectivity index (χ2n) is 10.6. The molecule has 0 aromatic heterocycles. The Labute approximate surface area is 232 Å². The van der Waals surface area contributed by atoms with E-state index in [1.165, 1.54) is 0 Å². The average Bonchev–Trinajstić information content (AvgIpc) is 3.55. The van der Waals surface area contributed by atoms with Crippen LogP contribution in [0.1, 0.15) is 90.0 Å². The zero-order valence-electron chi connectivity index (χ0n) is 23.4. The number of amides is 2. The van der Waals surface area contributed by atoms with Crippen LogP contribution in [0, 0.1) is 0 Å². The van der Waals surface area contributed by atoms with Gasteiger partial charge in [0.1, 0.15) is 17.2 Å². The van der Waals surface area contributed by atoms with Crippen LogP contribution in [-0.2, 0) is 19.1 Å². The lowest BCUT2D eigenvalue weighted by atomic mass is 9.96. The number of allylic oxidation sites excluding steroid dienone is 1. The van der Waals surface area contributed by atoms with Gasteiger partial charge in [0.25, 0.3) is 5.91 Å². The summed E-state index contributed by atoms with van der Waals surface area (Å²) in [5, 5.41) is 3.23. The van der Waals surface area contributed by atoms with Gasteiger partial charge in [0.05, 0.1) is 19.3 Å². The molecule has 1 aromatic rings. The second kappa shape index (κ2) is 13.8. The fourth-order valence-corrected chi connectivity index (χ4v) is 5.64. The molecule has 1 spiro atoms. The molecule has 0 radical (unpaired) electrons. The topological polar surface area (TPSA) is 100 Å². The first-order chi connectivity index (χ1) is 19.0. The number of carbonyl (C=O) groups excluding carboxylic acids is 3. The number of carbonyl (C=O) groups is 3. The molecule has 0 bridgehead atoms. The first kappa shape index (κ1) is 28.9. The maximum Gasteiger partial charge on any atom is 0.269 e. The predicted molar refractivity (Wildman–Crippen MR) is 154 cm³/mol. The van der Waals surface area contributed by atoms with E-state index >= 15 is 0 Å². The molecule has 3 aliphatic rings. The number of ether oxygens (including phenoxy) is 1. The molecule has 1 fully saturated rings. The highest BCUT2D eigenvalue weighted by molar-refractivity contribution is 6.40. The maximum atomic E-state index is 13.2. The van der Waals surface area contributed by atoms with Crippen molar-refractivity contribution in [3.05, 3.63) is 42.1 Å². The third-order valence-electron chi connectivity index (χ3n) is 8.01. The number of Topliss-reactive ketones (excluding diaryl/α,β-unsaturated/α-hetero) is 1. The molecule has 1 saturated heterocycles. The summed E-state index contributed by atoms with van der Waals surface area (Å²) in [6.45, 7) is 5.32. The van der Waals surface area contributed by atoms with Gasteiger partial charge in [-0.05, 0) is 30.4 Å². The Bertz CT molecular complexity index is 1120. The second-order valence-corrected chi connectivity index (χ2v) is 10.6. The predicted octanol–water partition coefficient (Wildman–Crippen LogP) is 4.88. The SMILES string of the molecule is CCC(=O)CCCCC[C@H](NC(=O)CCN1C(=O)C(CC)=NC12CCOCC2)C1=NC=C(c2ccccc2)C1. The number of aliphatic imine (C=N–C) groups is 2. The summed E-state index contributed by atoms with van der Waals surface area (Å²) in [6.07, 6.45) is 9.43. The molecule has 39 heavy (non-hydrogen) atoms. The molecule has 1 N–H and O–H groups in total. The Balaban J connectivity index is 1.36. The summed E-state index contributed by atoms with van der Waals surface area (Å²) in [6, 6.07) is 10.0. The zero-order valence-corrected chi connectivity index (χ0v) is 23.4. The lowest BCUT2D eigenvalue weighted by Crippen LogP contribution is -2.51. The van der Waals surface area contributed by atoms with Crippen LogP contribution in [0.2, 0.25) is 0 Å². The van der Waals surface area contributed by atoms with Crippen molar-refractivity contribution in [1.82, 2.24) is 10.2 Å². The number of nitrogens with one attached hydrogen (secondary N) is 1. The zero-order chi connectivity index (χ0) is 27.7. The van der Waals surface area contributed by atoms with Gasteiger partial charge in [-0.25, -0.2) is 0 Å². The molecule has 2 amide bonds. The average molecular weight is 535 g/mol. The van der Waals surface area contributed by atoms with E-state index in [1.54, 1.807) is 4.90 Å². The first-order valence-electron chi connectivity index (χ1n) is 14.6. The van der Waals surface area contributed by atoms with E-state index in [-0.39, 0.29) is 24.3 Å². The van der Waals surface area contributed by atoms with Crippen molar-refractivity contribution in [3.63, 3.8) is 0 Å². The molecular weight excluding hydrogens is 492 g/mol. The van der Waals surface area contributed by atoms with Gasteiger partial charge in [-0.15, -0.1) is 0 Å². The third kappa shape index (κ3) is 7.29. The molecule has 0 aliphatic carbocycles. The van der Waals surface area contributed by atoms with Gasteiger partial charge in [-0.2, -0.15) is 0 Å². The van der Waals surface area contributed by atoms with Crippen molar-refractivity contribution >= 4 is 34.6 Å². The summed E-state index contributed by atoms with van der Waals surface area (Å²) in [4.78, 5) is 49.3. The van der Waals surface area contributed by atoms with Crippen LogP contribution < -0.4 is 5.32 Å². The molecule has 3 aliphatic heterocycles. The normalized spacial score (nSPS) is 19.1. The Morgan fingerprint density at radius 3 is 2.56 bits per heavy atom. The Hall–Kier alpha value is -3.13. The van der Waals surface area contributed by atoms with E-state index in [4.69, 9.17) is 14.7 Å². The standard InChI is InChI=1S/C31H42N4O4/c1-3-25(36)13-9-6-10-14-27(28-21-24(22-32-28)23-11-7-5-8-12-23)33-29(37)15-18-35-30(38)26(4-2)34-31(35)16-19-39-20-17-31/h5,7-8,11-12,22,27H,3-4,6,9-10,13-21H2,1-2H3,(H,33,37)/t27-/m0/s1. The molecule has 0 saturated carbocycles. The minimum Gasteiger partial charge on any atom is -0.381 e. The Morgan fingerprint density at radius 2 is 1.85 bits per heavy atom. The fourth-order valence-electron chi connectivity index (χ4n) is 5.64. The molecule has 1 atom stereocenters. The number of nitrogens with zero attached hydrogens (tertiary/aromatic N) is 3. The number of benzene rings is 1. The van der Waals surface area contributed by atoms with E-state index in [0.717, 1.165) is 42.5 Å². The first-order valence-corrected chi connectivity index (χ1v) is 14.6. The molecule has 8 nitrogen and oxygen atoms in total. The minimum absolute atomic E-state index is 0.0535. The van der Waals surface area contributed by atoms with Crippen molar-refractivity contribution in [3.8, 4) is 0 Å². The van der Waals surface area contributed by atoms with Crippen molar-refractivity contribution in [2.24, 2.45) is 9.98 Å². The molecule has 8 heteroatoms. The van der Waals surface area contributed by atoms with E-state index < -0.39 is 5.66 Å². The summed E-state index contributed by atoms with van der Waals surface area (Å²) in [7, 11) is 0. The molecule has 0 unspecified atom stereocenters. The van der Waals surface area contributed by atoms with E-state index in [0.29, 0.717) is 69.8 Å². The van der Waals surface area contributed by atoms with Gasteiger partial charge in [0, 0.05) is 57.0 Å². The molecular formula is C31H42N4O4. The van der Waals surface area contributed by atoms with Gasteiger partial charge in [-0.1, -0.05) is 57.0 Å². The largest absolute Gasteiger partial charge is 0.381 e. The smallest absolute Gasteiger partial charge is 0.269 e. The van der Waals surface area contributed by atoms with Crippen molar-refractivity contribution in [2.45, 2.75) is 96.2 Å². The van der Waals surface area contributed by atoms with E-state index in [9.17, 15) is 14.4 Å². The minimum atomic E-state index is -0.569. The Morgan fingerprint density at radius 1 is 1.08 bits per heavy atom. The quantitative estimate of drug-likeness (QED) is 0.344. The van der Waals surface area contributed by atoms with Gasteiger partial charge in [0.2, 0.25) is 5.91 Å². The summed E-state index contributed by atoms with van der Waals surface area (Å²) >= 11 is 0. The van der Waals surface area contributed by atoms with Crippen LogP contribution in [-0.4, -0.2) is 65.4 Å². The van der Waals surface area contributed by atoms with E-state index in [2.05, 4.69) is 17.4 Å². The number of ketones is 1. The number of hydrogen-bond acceptors (Lipinski definition) is 6. The number of hydrogen-bond donors (Lipinski definition) is 1. The third-order valence-corrected chi connectivity index (χ3v) is 8.01. The van der Waals surface area contributed by atoms with Gasteiger partial charge < -0.3 is 15.0 Å². The van der Waals surface area contributed by atoms with Gasteiger partial charge in [0.15, 0.2) is 0 Å². The van der Waals surface area contributed by atoms with E-state index in [1.807, 2.05) is 38.2 Å². The molecule has 210 valence electrons. The van der Waals surface area contributed by atoms with Crippen LogP contribution >= 0.6 is 0 Å². The van der Waals surface area contributed by atoms with Crippen molar-refractivity contribution < 1.29 is 19.1 Å². The van der Waals surface area contributed by atoms with Crippen LogP contribution in [0.4, 0.5) is 0 Å². The van der Waals surface area contributed by atoms with Crippen LogP contribution in [0.5, 0.6) is 0 Å². The van der Waals surface area contributed by atoms with Crippen molar-refractivity contribution in [2.75, 3.05) is 19.8 Å². The molecule has 1 aromatic carbocycles. The lowest BCUT2D eigenvalue weighted by Gasteiger charge is -2.39. The van der Waals surface area contributed by atoms with Gasteiger partial charge in [-0.3, -0.25) is 24.4 Å². The fraction of sp³-hybridized carbons (Fsp3) is 0.581. The monoisotopic (exact) mass is 534 g/mol. The van der Waals surface area contributed by atoms with Crippen LogP contribution in [0.3, 0.4) is 0 Å². The summed E-state index contributed by atoms with van der Waals surface area (Å²) < 4.78 is 5.54.